The van der Waals surface area contributed by atoms with E-state index in [2.05, 4.69) is 56.1 Å². The van der Waals surface area contributed by atoms with Crippen molar-refractivity contribution in [2.75, 3.05) is 13.1 Å². The molecular weight excluding hydrogens is 374 g/mol. The van der Waals surface area contributed by atoms with Gasteiger partial charge >= 0.3 is 6.16 Å². The van der Waals surface area contributed by atoms with Crippen LogP contribution in [0.3, 0.4) is 0 Å². The summed E-state index contributed by atoms with van der Waals surface area (Å²) in [6.07, 6.45) is 2.35. The maximum Gasteiger partial charge on any atom is 0.506 e. The van der Waals surface area contributed by atoms with Crippen molar-refractivity contribution in [2.45, 2.75) is 39.2 Å². The molecule has 0 amide bonds. The van der Waals surface area contributed by atoms with Crippen molar-refractivity contribution in [1.29, 1.82) is 0 Å². The van der Waals surface area contributed by atoms with Crippen LogP contribution in [-0.4, -0.2) is 30.5 Å². The zero-order valence-corrected chi connectivity index (χ0v) is 17.9. The lowest BCUT2D eigenvalue weighted by Crippen LogP contribution is -2.30. The number of fused-ring (bicyclic) bond motifs is 2. The Morgan fingerprint density at radius 1 is 1.13 bits per heavy atom. The summed E-state index contributed by atoms with van der Waals surface area (Å²) < 4.78 is 5.40. The van der Waals surface area contributed by atoms with E-state index >= 15 is 0 Å². The summed E-state index contributed by atoms with van der Waals surface area (Å²) in [6.45, 7) is 9.69. The fourth-order valence-corrected chi connectivity index (χ4v) is 4.20. The van der Waals surface area contributed by atoms with Crippen molar-refractivity contribution in [3.8, 4) is 0 Å². The van der Waals surface area contributed by atoms with E-state index in [0.29, 0.717) is 12.8 Å². The van der Waals surface area contributed by atoms with Gasteiger partial charge in [0.2, 0.25) is 0 Å². The number of hydrogen-bond acceptors (Lipinski definition) is 3. The average molecular weight is 406 g/mol. The van der Waals surface area contributed by atoms with E-state index in [1.807, 2.05) is 30.3 Å². The summed E-state index contributed by atoms with van der Waals surface area (Å²) in [5.74, 6) is 0. The SMILES string of the molecule is C=CCNCCC(C)(C)CC(Cc1c2ccccc2cc2ccccc12)OC(=O)O. The summed E-state index contributed by atoms with van der Waals surface area (Å²) in [5, 5.41) is 17.3. The normalized spacial score (nSPS) is 12.7. The molecular formula is C26H31NO3. The monoisotopic (exact) mass is 405 g/mol. The molecule has 1 unspecified atom stereocenters. The second-order valence-electron chi connectivity index (χ2n) is 8.62. The third kappa shape index (κ3) is 5.61. The first-order valence-electron chi connectivity index (χ1n) is 10.5. The number of carbonyl (C=O) groups is 1. The zero-order chi connectivity index (χ0) is 21.6. The van der Waals surface area contributed by atoms with E-state index in [4.69, 9.17) is 4.74 Å². The van der Waals surface area contributed by atoms with Crippen LogP contribution < -0.4 is 5.32 Å². The topological polar surface area (TPSA) is 58.6 Å². The second kappa shape index (κ2) is 9.77. The van der Waals surface area contributed by atoms with Crippen molar-refractivity contribution in [3.63, 3.8) is 0 Å². The minimum Gasteiger partial charge on any atom is -0.450 e. The largest absolute Gasteiger partial charge is 0.506 e. The van der Waals surface area contributed by atoms with Crippen LogP contribution in [0.2, 0.25) is 0 Å². The molecule has 0 saturated heterocycles. The molecule has 158 valence electrons. The van der Waals surface area contributed by atoms with Gasteiger partial charge in [0.25, 0.3) is 0 Å². The standard InChI is InChI=1S/C26H31NO3/c1-4-14-27-15-13-26(2,3)18-21(30-25(28)29)17-24-22-11-7-5-9-19(22)16-20-10-6-8-12-23(20)24/h4-12,16,21,27H,1,13-15,17-18H2,2-3H3,(H,28,29). The van der Waals surface area contributed by atoms with Gasteiger partial charge in [-0.1, -0.05) is 68.5 Å². The molecule has 0 aromatic heterocycles. The van der Waals surface area contributed by atoms with Crippen LogP contribution >= 0.6 is 0 Å². The summed E-state index contributed by atoms with van der Waals surface area (Å²) in [6, 6.07) is 18.7. The molecule has 0 aliphatic carbocycles. The van der Waals surface area contributed by atoms with Crippen molar-refractivity contribution in [3.05, 3.63) is 72.8 Å². The van der Waals surface area contributed by atoms with Gasteiger partial charge in [-0.25, -0.2) is 4.79 Å². The molecule has 4 nitrogen and oxygen atoms in total. The van der Waals surface area contributed by atoms with Gasteiger partial charge < -0.3 is 15.2 Å². The number of hydrogen-bond donors (Lipinski definition) is 2. The Morgan fingerprint density at radius 3 is 2.30 bits per heavy atom. The lowest BCUT2D eigenvalue weighted by Gasteiger charge is -2.29. The minimum absolute atomic E-state index is 0.0608. The molecule has 0 radical (unpaired) electrons. The third-order valence-corrected chi connectivity index (χ3v) is 5.63. The molecule has 0 aliphatic heterocycles. The van der Waals surface area contributed by atoms with Gasteiger partial charge in [-0.2, -0.15) is 0 Å². The molecule has 2 N–H and O–H groups in total. The van der Waals surface area contributed by atoms with Crippen LogP contribution in [0, 0.1) is 5.41 Å². The van der Waals surface area contributed by atoms with Crippen molar-refractivity contribution >= 4 is 27.7 Å². The van der Waals surface area contributed by atoms with Crippen LogP contribution in [-0.2, 0) is 11.2 Å². The summed E-state index contributed by atoms with van der Waals surface area (Å²) in [4.78, 5) is 11.5. The lowest BCUT2D eigenvalue weighted by atomic mass is 9.81. The Kier molecular flexibility index (Phi) is 7.11. The first-order chi connectivity index (χ1) is 14.4. The molecule has 1 atom stereocenters. The van der Waals surface area contributed by atoms with Crippen molar-refractivity contribution < 1.29 is 14.6 Å². The first-order valence-corrected chi connectivity index (χ1v) is 10.5. The third-order valence-electron chi connectivity index (χ3n) is 5.63. The van der Waals surface area contributed by atoms with E-state index in [-0.39, 0.29) is 5.41 Å². The Balaban J connectivity index is 1.91. The van der Waals surface area contributed by atoms with Gasteiger partial charge in [0.15, 0.2) is 0 Å². The zero-order valence-electron chi connectivity index (χ0n) is 17.9. The average Bonchev–Trinajstić information content (AvgIpc) is 2.70. The molecule has 0 fully saturated rings. The molecule has 30 heavy (non-hydrogen) atoms. The maximum absolute atomic E-state index is 11.5. The molecule has 0 saturated carbocycles. The van der Waals surface area contributed by atoms with Gasteiger partial charge in [-0.3, -0.25) is 0 Å². The molecule has 0 heterocycles. The molecule has 0 spiro atoms. The summed E-state index contributed by atoms with van der Waals surface area (Å²) >= 11 is 0. The van der Waals surface area contributed by atoms with E-state index in [0.717, 1.165) is 46.6 Å². The molecule has 4 heteroatoms. The number of rotatable bonds is 10. The van der Waals surface area contributed by atoms with Gasteiger partial charge in [0.05, 0.1) is 0 Å². The Labute approximate surface area is 178 Å². The number of ether oxygens (including phenoxy) is 1. The second-order valence-corrected chi connectivity index (χ2v) is 8.62. The predicted octanol–water partition coefficient (Wildman–Crippen LogP) is 6.18. The number of benzene rings is 3. The molecule has 3 aromatic rings. The van der Waals surface area contributed by atoms with Gasteiger partial charge in [-0.15, -0.1) is 6.58 Å². The minimum atomic E-state index is -1.22. The van der Waals surface area contributed by atoms with E-state index < -0.39 is 12.3 Å². The predicted molar refractivity (Wildman–Crippen MR) is 124 cm³/mol. The maximum atomic E-state index is 11.5. The van der Waals surface area contributed by atoms with Crippen LogP contribution in [0.1, 0.15) is 32.3 Å². The Morgan fingerprint density at radius 2 is 1.73 bits per heavy atom. The lowest BCUT2D eigenvalue weighted by molar-refractivity contribution is 0.0309. The van der Waals surface area contributed by atoms with Crippen LogP contribution in [0.5, 0.6) is 0 Å². The number of nitrogens with one attached hydrogen (secondary N) is 1. The highest BCUT2D eigenvalue weighted by atomic mass is 16.7. The highest BCUT2D eigenvalue weighted by molar-refractivity contribution is 6.02. The van der Waals surface area contributed by atoms with E-state index in [1.54, 1.807) is 0 Å². The molecule has 0 aliphatic rings. The summed E-state index contributed by atoms with van der Waals surface area (Å²) in [7, 11) is 0. The van der Waals surface area contributed by atoms with Gasteiger partial charge in [0.1, 0.15) is 6.10 Å². The highest BCUT2D eigenvalue weighted by Crippen LogP contribution is 2.33. The van der Waals surface area contributed by atoms with Crippen LogP contribution in [0.4, 0.5) is 4.79 Å². The first kappa shape index (κ1) is 21.8. The summed E-state index contributed by atoms with van der Waals surface area (Å²) in [5.41, 5.74) is 1.09. The Hall–Kier alpha value is -2.85. The van der Waals surface area contributed by atoms with E-state index in [1.165, 1.54) is 0 Å². The van der Waals surface area contributed by atoms with E-state index in [9.17, 15) is 9.90 Å². The number of carboxylic acid groups (broad SMARTS) is 1. The molecule has 3 rings (SSSR count). The molecule has 3 aromatic carbocycles. The fourth-order valence-electron chi connectivity index (χ4n) is 4.20. The van der Waals surface area contributed by atoms with Crippen molar-refractivity contribution in [2.24, 2.45) is 5.41 Å². The molecule has 0 bridgehead atoms. The van der Waals surface area contributed by atoms with Gasteiger partial charge in [0, 0.05) is 13.0 Å². The Bertz CT molecular complexity index is 971. The van der Waals surface area contributed by atoms with Crippen LogP contribution in [0.15, 0.2) is 67.3 Å². The van der Waals surface area contributed by atoms with Gasteiger partial charge in [-0.05, 0) is 58.0 Å². The quantitative estimate of drug-likeness (QED) is 0.183. The fraction of sp³-hybridized carbons (Fsp3) is 0.346. The van der Waals surface area contributed by atoms with Crippen molar-refractivity contribution in [1.82, 2.24) is 5.32 Å². The smallest absolute Gasteiger partial charge is 0.450 e. The van der Waals surface area contributed by atoms with Crippen LogP contribution in [0.25, 0.3) is 21.5 Å². The highest BCUT2D eigenvalue weighted by Gasteiger charge is 2.27.